The van der Waals surface area contributed by atoms with Crippen LogP contribution in [0.1, 0.15) is 21.9 Å². The maximum absolute atomic E-state index is 12.3. The normalized spacial score (nSPS) is 14.0. The van der Waals surface area contributed by atoms with Gasteiger partial charge in [0, 0.05) is 6.54 Å². The summed E-state index contributed by atoms with van der Waals surface area (Å²) in [6, 6.07) is 3.37. The molecule has 0 unspecified atom stereocenters. The molecule has 3 heterocycles. The highest BCUT2D eigenvalue weighted by atomic mass is 16.5. The molecular formula is C14H16N4O3. The van der Waals surface area contributed by atoms with Crippen molar-refractivity contribution in [3.05, 3.63) is 48.2 Å². The van der Waals surface area contributed by atoms with Gasteiger partial charge >= 0.3 is 0 Å². The summed E-state index contributed by atoms with van der Waals surface area (Å²) in [7, 11) is 0. The summed E-state index contributed by atoms with van der Waals surface area (Å²) in [6.07, 6.45) is 3.18. The standard InChI is InChI=1S/C14H16N4O3/c1-2-7-20-10-11-12-9-17(5-6-18(12)16-15-11)14(19)13-4-3-8-21-13/h2-4,8H,1,5-7,9-10H2. The number of aromatic nitrogens is 3. The van der Waals surface area contributed by atoms with E-state index in [0.29, 0.717) is 38.6 Å². The van der Waals surface area contributed by atoms with E-state index in [1.54, 1.807) is 23.1 Å². The van der Waals surface area contributed by atoms with Crippen LogP contribution in [0.15, 0.2) is 35.5 Å². The largest absolute Gasteiger partial charge is 0.459 e. The highest BCUT2D eigenvalue weighted by Crippen LogP contribution is 2.17. The minimum absolute atomic E-state index is 0.120. The average molecular weight is 288 g/mol. The number of rotatable bonds is 5. The number of amides is 1. The smallest absolute Gasteiger partial charge is 0.289 e. The average Bonchev–Trinajstić information content (AvgIpc) is 3.16. The Morgan fingerprint density at radius 1 is 1.52 bits per heavy atom. The molecule has 0 bridgehead atoms. The van der Waals surface area contributed by atoms with E-state index in [2.05, 4.69) is 16.9 Å². The second-order valence-electron chi connectivity index (χ2n) is 4.71. The Balaban J connectivity index is 1.73. The van der Waals surface area contributed by atoms with Crippen molar-refractivity contribution in [2.24, 2.45) is 0 Å². The van der Waals surface area contributed by atoms with Gasteiger partial charge in [-0.1, -0.05) is 11.3 Å². The molecular weight excluding hydrogens is 272 g/mol. The van der Waals surface area contributed by atoms with Gasteiger partial charge in [0.2, 0.25) is 0 Å². The Kier molecular flexibility index (Phi) is 3.83. The number of fused-ring (bicyclic) bond motifs is 1. The van der Waals surface area contributed by atoms with E-state index in [0.717, 1.165) is 11.4 Å². The van der Waals surface area contributed by atoms with E-state index >= 15 is 0 Å². The summed E-state index contributed by atoms with van der Waals surface area (Å²) in [5, 5.41) is 8.21. The van der Waals surface area contributed by atoms with Crippen molar-refractivity contribution in [1.29, 1.82) is 0 Å². The first-order valence-corrected chi connectivity index (χ1v) is 6.72. The van der Waals surface area contributed by atoms with Crippen LogP contribution in [0.4, 0.5) is 0 Å². The molecule has 3 rings (SSSR count). The minimum Gasteiger partial charge on any atom is -0.459 e. The molecule has 7 nitrogen and oxygen atoms in total. The molecule has 1 aliphatic rings. The molecule has 0 fully saturated rings. The van der Waals surface area contributed by atoms with Crippen LogP contribution in [0.5, 0.6) is 0 Å². The molecule has 0 aromatic carbocycles. The summed E-state index contributed by atoms with van der Waals surface area (Å²) in [6.45, 7) is 6.09. The van der Waals surface area contributed by atoms with Crippen LogP contribution < -0.4 is 0 Å². The van der Waals surface area contributed by atoms with E-state index in [1.165, 1.54) is 6.26 Å². The van der Waals surface area contributed by atoms with Crippen LogP contribution >= 0.6 is 0 Å². The molecule has 2 aromatic rings. The minimum atomic E-state index is -0.120. The molecule has 0 spiro atoms. The zero-order chi connectivity index (χ0) is 14.7. The lowest BCUT2D eigenvalue weighted by molar-refractivity contribution is 0.0670. The highest BCUT2D eigenvalue weighted by Gasteiger charge is 2.26. The molecule has 0 aliphatic carbocycles. The number of furan rings is 1. The molecule has 1 aliphatic heterocycles. The topological polar surface area (TPSA) is 73.4 Å². The number of ether oxygens (including phenoxy) is 1. The van der Waals surface area contributed by atoms with Crippen molar-refractivity contribution in [2.75, 3.05) is 13.2 Å². The monoisotopic (exact) mass is 288 g/mol. The maximum Gasteiger partial charge on any atom is 0.289 e. The molecule has 1 amide bonds. The van der Waals surface area contributed by atoms with E-state index in [4.69, 9.17) is 9.15 Å². The van der Waals surface area contributed by atoms with E-state index in [1.807, 2.05) is 4.68 Å². The number of hydrogen-bond donors (Lipinski definition) is 0. The van der Waals surface area contributed by atoms with Crippen molar-refractivity contribution in [3.63, 3.8) is 0 Å². The zero-order valence-corrected chi connectivity index (χ0v) is 11.6. The van der Waals surface area contributed by atoms with Crippen LogP contribution in [-0.2, 0) is 24.4 Å². The maximum atomic E-state index is 12.3. The van der Waals surface area contributed by atoms with Gasteiger partial charge < -0.3 is 14.1 Å². The van der Waals surface area contributed by atoms with E-state index < -0.39 is 0 Å². The Hall–Kier alpha value is -2.41. The molecule has 7 heteroatoms. The van der Waals surface area contributed by atoms with Gasteiger partial charge in [0.05, 0.1) is 38.3 Å². The van der Waals surface area contributed by atoms with Gasteiger partial charge in [-0.3, -0.25) is 4.79 Å². The van der Waals surface area contributed by atoms with Gasteiger partial charge in [0.15, 0.2) is 5.76 Å². The van der Waals surface area contributed by atoms with Gasteiger partial charge in [0.25, 0.3) is 5.91 Å². The Labute approximate surface area is 121 Å². The van der Waals surface area contributed by atoms with Crippen molar-refractivity contribution in [2.45, 2.75) is 19.7 Å². The van der Waals surface area contributed by atoms with Gasteiger partial charge in [-0.15, -0.1) is 11.7 Å². The molecule has 2 aromatic heterocycles. The fourth-order valence-electron chi connectivity index (χ4n) is 2.28. The van der Waals surface area contributed by atoms with Crippen LogP contribution in [0.3, 0.4) is 0 Å². The van der Waals surface area contributed by atoms with Crippen LogP contribution in [0.25, 0.3) is 0 Å². The predicted octanol–water partition coefficient (Wildman–Crippen LogP) is 1.23. The van der Waals surface area contributed by atoms with Crippen LogP contribution in [0.2, 0.25) is 0 Å². The molecule has 0 atom stereocenters. The summed E-state index contributed by atoms with van der Waals surface area (Å²) >= 11 is 0. The summed E-state index contributed by atoms with van der Waals surface area (Å²) in [5.74, 6) is 0.228. The molecule has 0 saturated carbocycles. The SMILES string of the molecule is C=CCOCc1nnn2c1CN(C(=O)c1ccco1)CC2. The lowest BCUT2D eigenvalue weighted by Gasteiger charge is -2.26. The molecule has 0 radical (unpaired) electrons. The van der Waals surface area contributed by atoms with Crippen LogP contribution in [0, 0.1) is 0 Å². The van der Waals surface area contributed by atoms with Crippen molar-refractivity contribution >= 4 is 5.91 Å². The summed E-state index contributed by atoms with van der Waals surface area (Å²) in [4.78, 5) is 14.0. The molecule has 0 saturated heterocycles. The molecule has 110 valence electrons. The number of hydrogen-bond acceptors (Lipinski definition) is 5. The third kappa shape index (κ3) is 2.73. The van der Waals surface area contributed by atoms with Gasteiger partial charge in [-0.05, 0) is 12.1 Å². The third-order valence-electron chi connectivity index (χ3n) is 3.33. The number of carbonyl (C=O) groups excluding carboxylic acids is 1. The number of carbonyl (C=O) groups is 1. The highest BCUT2D eigenvalue weighted by molar-refractivity contribution is 5.91. The molecule has 0 N–H and O–H groups in total. The summed E-state index contributed by atoms with van der Waals surface area (Å²) in [5.41, 5.74) is 1.67. The first-order chi connectivity index (χ1) is 10.3. The fourth-order valence-corrected chi connectivity index (χ4v) is 2.28. The Morgan fingerprint density at radius 3 is 3.19 bits per heavy atom. The van der Waals surface area contributed by atoms with E-state index in [9.17, 15) is 4.79 Å². The van der Waals surface area contributed by atoms with Crippen molar-refractivity contribution < 1.29 is 13.9 Å². The van der Waals surface area contributed by atoms with Gasteiger partial charge in [-0.25, -0.2) is 4.68 Å². The zero-order valence-electron chi connectivity index (χ0n) is 11.6. The fraction of sp³-hybridized carbons (Fsp3) is 0.357. The first kappa shape index (κ1) is 13.6. The second-order valence-corrected chi connectivity index (χ2v) is 4.71. The lowest BCUT2D eigenvalue weighted by Crippen LogP contribution is -2.38. The quantitative estimate of drug-likeness (QED) is 0.611. The van der Waals surface area contributed by atoms with Crippen LogP contribution in [-0.4, -0.2) is 39.0 Å². The van der Waals surface area contributed by atoms with Crippen molar-refractivity contribution in [1.82, 2.24) is 19.9 Å². The first-order valence-electron chi connectivity index (χ1n) is 6.72. The summed E-state index contributed by atoms with van der Waals surface area (Å²) < 4.78 is 12.4. The number of nitrogens with zero attached hydrogens (tertiary/aromatic N) is 4. The van der Waals surface area contributed by atoms with E-state index in [-0.39, 0.29) is 5.91 Å². The van der Waals surface area contributed by atoms with Crippen molar-refractivity contribution in [3.8, 4) is 0 Å². The second kappa shape index (κ2) is 5.92. The Bertz CT molecular complexity index is 633. The molecule has 21 heavy (non-hydrogen) atoms. The lowest BCUT2D eigenvalue weighted by atomic mass is 10.2. The predicted molar refractivity (Wildman–Crippen MR) is 73.3 cm³/mol. The van der Waals surface area contributed by atoms with Gasteiger partial charge in [-0.2, -0.15) is 0 Å². The van der Waals surface area contributed by atoms with Gasteiger partial charge in [0.1, 0.15) is 5.69 Å². The third-order valence-corrected chi connectivity index (χ3v) is 3.33. The Morgan fingerprint density at radius 2 is 2.43 bits per heavy atom.